The van der Waals surface area contributed by atoms with E-state index in [-0.39, 0.29) is 24.9 Å². The van der Waals surface area contributed by atoms with Crippen molar-refractivity contribution in [2.45, 2.75) is 77.9 Å². The summed E-state index contributed by atoms with van der Waals surface area (Å²) in [5.41, 5.74) is -1.09. The first-order valence-electron chi connectivity index (χ1n) is 10.4. The number of likely N-dealkylation sites (tertiary alicyclic amines) is 1. The highest BCUT2D eigenvalue weighted by Gasteiger charge is 2.61. The van der Waals surface area contributed by atoms with Gasteiger partial charge in [0.15, 0.2) is 5.54 Å². The van der Waals surface area contributed by atoms with Crippen molar-refractivity contribution in [2.75, 3.05) is 6.61 Å². The average molecular weight is 404 g/mol. The Morgan fingerprint density at radius 1 is 1.17 bits per heavy atom. The molecule has 6 nitrogen and oxygen atoms in total. The molecular formula is C23H33NO5. The maximum Gasteiger partial charge on any atom is 0.418 e. The second kappa shape index (κ2) is 9.42. The van der Waals surface area contributed by atoms with Gasteiger partial charge in [-0.3, -0.25) is 4.79 Å². The molecule has 0 unspecified atom stereocenters. The fourth-order valence-electron chi connectivity index (χ4n) is 4.05. The summed E-state index contributed by atoms with van der Waals surface area (Å²) in [6, 6.07) is 9.74. The SMILES string of the molecule is CCC[C@@H]1CC(=O)N(C(=O)OC(C)(C)C)[C@]1(CCc1ccccc1)C(=O)OCC. The first-order valence-corrected chi connectivity index (χ1v) is 10.4. The second-order valence-electron chi connectivity index (χ2n) is 8.53. The van der Waals surface area contributed by atoms with E-state index in [2.05, 4.69) is 0 Å². The average Bonchev–Trinajstić information content (AvgIpc) is 2.92. The van der Waals surface area contributed by atoms with Gasteiger partial charge in [0.2, 0.25) is 5.91 Å². The third kappa shape index (κ3) is 5.17. The monoisotopic (exact) mass is 403 g/mol. The number of esters is 1. The second-order valence-corrected chi connectivity index (χ2v) is 8.53. The van der Waals surface area contributed by atoms with Gasteiger partial charge in [-0.1, -0.05) is 43.7 Å². The van der Waals surface area contributed by atoms with Crippen molar-refractivity contribution in [1.82, 2.24) is 4.90 Å². The molecule has 0 radical (unpaired) electrons. The Kier molecular flexibility index (Phi) is 7.44. The standard InChI is InChI=1S/C23H33NO5/c1-6-11-18-16-19(25)24(21(27)29-22(3,4)5)23(18,20(26)28-7-2)15-14-17-12-9-8-10-13-17/h8-10,12-13,18H,6-7,11,14-16H2,1-5H3/t18-,23+/m1/s1. The van der Waals surface area contributed by atoms with E-state index >= 15 is 0 Å². The lowest BCUT2D eigenvalue weighted by molar-refractivity contribution is -0.161. The highest BCUT2D eigenvalue weighted by molar-refractivity contribution is 6.02. The van der Waals surface area contributed by atoms with Crippen LogP contribution in [0.25, 0.3) is 0 Å². The van der Waals surface area contributed by atoms with Gasteiger partial charge < -0.3 is 9.47 Å². The van der Waals surface area contributed by atoms with Gasteiger partial charge in [0, 0.05) is 12.3 Å². The molecule has 1 fully saturated rings. The van der Waals surface area contributed by atoms with Crippen LogP contribution >= 0.6 is 0 Å². The zero-order valence-electron chi connectivity index (χ0n) is 18.2. The molecule has 29 heavy (non-hydrogen) atoms. The van der Waals surface area contributed by atoms with Gasteiger partial charge in [-0.2, -0.15) is 0 Å². The van der Waals surface area contributed by atoms with Crippen LogP contribution in [0.3, 0.4) is 0 Å². The van der Waals surface area contributed by atoms with Gasteiger partial charge >= 0.3 is 12.1 Å². The van der Waals surface area contributed by atoms with Crippen molar-refractivity contribution in [2.24, 2.45) is 5.92 Å². The highest BCUT2D eigenvalue weighted by atomic mass is 16.6. The number of rotatable bonds is 7. The van der Waals surface area contributed by atoms with E-state index in [1.54, 1.807) is 27.7 Å². The Labute approximate surface area is 173 Å². The molecule has 2 rings (SSSR count). The lowest BCUT2D eigenvalue weighted by Gasteiger charge is -2.39. The molecule has 1 aliphatic heterocycles. The van der Waals surface area contributed by atoms with E-state index in [1.165, 1.54) is 0 Å². The van der Waals surface area contributed by atoms with E-state index < -0.39 is 23.2 Å². The van der Waals surface area contributed by atoms with E-state index in [0.717, 1.165) is 16.9 Å². The number of nitrogens with zero attached hydrogens (tertiary/aromatic N) is 1. The third-order valence-electron chi connectivity index (χ3n) is 5.22. The van der Waals surface area contributed by atoms with E-state index in [9.17, 15) is 14.4 Å². The summed E-state index contributed by atoms with van der Waals surface area (Å²) >= 11 is 0. The molecule has 160 valence electrons. The minimum atomic E-state index is -1.35. The number of imide groups is 1. The molecule has 1 heterocycles. The molecule has 2 atom stereocenters. The van der Waals surface area contributed by atoms with Crippen LogP contribution in [0.4, 0.5) is 4.79 Å². The van der Waals surface area contributed by atoms with Crippen LogP contribution in [0.15, 0.2) is 30.3 Å². The molecule has 1 aliphatic rings. The molecule has 1 aromatic rings. The van der Waals surface area contributed by atoms with Crippen molar-refractivity contribution < 1.29 is 23.9 Å². The lowest BCUT2D eigenvalue weighted by atomic mass is 9.77. The fraction of sp³-hybridized carbons (Fsp3) is 0.609. The van der Waals surface area contributed by atoms with E-state index in [0.29, 0.717) is 19.3 Å². The number of ether oxygens (including phenoxy) is 2. The number of amides is 2. The van der Waals surface area contributed by atoms with Gasteiger partial charge in [-0.15, -0.1) is 0 Å². The van der Waals surface area contributed by atoms with E-state index in [1.807, 2.05) is 37.3 Å². The van der Waals surface area contributed by atoms with Crippen molar-refractivity contribution in [1.29, 1.82) is 0 Å². The molecule has 0 aliphatic carbocycles. The summed E-state index contributed by atoms with van der Waals surface area (Å²) in [4.78, 5) is 40.3. The van der Waals surface area contributed by atoms with E-state index in [4.69, 9.17) is 9.47 Å². The zero-order valence-corrected chi connectivity index (χ0v) is 18.2. The summed E-state index contributed by atoms with van der Waals surface area (Å²) < 4.78 is 10.9. The first kappa shape index (κ1) is 22.9. The van der Waals surface area contributed by atoms with Crippen molar-refractivity contribution in [3.63, 3.8) is 0 Å². The van der Waals surface area contributed by atoms with Gasteiger partial charge in [-0.05, 0) is 52.5 Å². The van der Waals surface area contributed by atoms with Gasteiger partial charge in [0.1, 0.15) is 5.60 Å². The van der Waals surface area contributed by atoms with Crippen LogP contribution < -0.4 is 0 Å². The lowest BCUT2D eigenvalue weighted by Crippen LogP contribution is -2.59. The minimum Gasteiger partial charge on any atom is -0.464 e. The molecule has 0 N–H and O–H groups in total. The maximum atomic E-state index is 13.3. The summed E-state index contributed by atoms with van der Waals surface area (Å²) in [6.45, 7) is 9.14. The quantitative estimate of drug-likeness (QED) is 0.627. The van der Waals surface area contributed by atoms with Crippen molar-refractivity contribution in [3.05, 3.63) is 35.9 Å². The molecule has 1 saturated heterocycles. The number of carbonyl (C=O) groups is 3. The third-order valence-corrected chi connectivity index (χ3v) is 5.22. The largest absolute Gasteiger partial charge is 0.464 e. The normalized spacial score (nSPS) is 21.9. The predicted molar refractivity (Wildman–Crippen MR) is 110 cm³/mol. The number of carbonyl (C=O) groups excluding carboxylic acids is 3. The predicted octanol–water partition coefficient (Wildman–Crippen LogP) is 4.50. The Morgan fingerprint density at radius 2 is 1.83 bits per heavy atom. The van der Waals surface area contributed by atoms with Crippen molar-refractivity contribution in [3.8, 4) is 0 Å². The molecule has 0 saturated carbocycles. The van der Waals surface area contributed by atoms with Crippen LogP contribution in [-0.2, 0) is 25.5 Å². The van der Waals surface area contributed by atoms with Crippen LogP contribution in [0.2, 0.25) is 0 Å². The number of benzene rings is 1. The molecule has 0 bridgehead atoms. The number of aryl methyl sites for hydroxylation is 1. The van der Waals surface area contributed by atoms with Crippen LogP contribution in [0, 0.1) is 5.92 Å². The Balaban J connectivity index is 2.49. The summed E-state index contributed by atoms with van der Waals surface area (Å²) in [5.74, 6) is -1.19. The fourth-order valence-corrected chi connectivity index (χ4v) is 4.05. The Morgan fingerprint density at radius 3 is 2.38 bits per heavy atom. The molecular weight excluding hydrogens is 370 g/mol. The highest BCUT2D eigenvalue weighted by Crippen LogP contribution is 2.44. The zero-order chi connectivity index (χ0) is 21.7. The number of hydrogen-bond acceptors (Lipinski definition) is 5. The Bertz CT molecular complexity index is 725. The maximum absolute atomic E-state index is 13.3. The first-order chi connectivity index (χ1) is 13.7. The number of hydrogen-bond donors (Lipinski definition) is 0. The van der Waals surface area contributed by atoms with Crippen LogP contribution in [-0.4, -0.2) is 40.6 Å². The summed E-state index contributed by atoms with van der Waals surface area (Å²) in [7, 11) is 0. The van der Waals surface area contributed by atoms with Crippen LogP contribution in [0.5, 0.6) is 0 Å². The summed E-state index contributed by atoms with van der Waals surface area (Å²) in [5, 5.41) is 0. The topological polar surface area (TPSA) is 72.9 Å². The molecule has 0 aromatic heterocycles. The minimum absolute atomic E-state index is 0.140. The molecule has 2 amide bonds. The molecule has 0 spiro atoms. The van der Waals surface area contributed by atoms with Crippen molar-refractivity contribution >= 4 is 18.0 Å². The Hall–Kier alpha value is -2.37. The smallest absolute Gasteiger partial charge is 0.418 e. The van der Waals surface area contributed by atoms with Gasteiger partial charge in [-0.25, -0.2) is 14.5 Å². The molecule has 1 aromatic carbocycles. The van der Waals surface area contributed by atoms with Gasteiger partial charge in [0.05, 0.1) is 6.61 Å². The molecule has 6 heteroatoms. The summed E-state index contributed by atoms with van der Waals surface area (Å²) in [6.07, 6.45) is 1.67. The van der Waals surface area contributed by atoms with Gasteiger partial charge in [0.25, 0.3) is 0 Å². The van der Waals surface area contributed by atoms with Crippen LogP contribution in [0.1, 0.15) is 65.9 Å².